The number of carbonyl (C=O) groups excluding carboxylic acids is 1. The number of rotatable bonds is 4. The third-order valence-corrected chi connectivity index (χ3v) is 5.91. The topological polar surface area (TPSA) is 89.2 Å². The second-order valence-corrected chi connectivity index (χ2v) is 8.37. The molecule has 2 N–H and O–H groups in total. The highest BCUT2D eigenvalue weighted by Gasteiger charge is 2.22. The van der Waals surface area contributed by atoms with Gasteiger partial charge in [-0.25, -0.2) is 0 Å². The van der Waals surface area contributed by atoms with Gasteiger partial charge in [0.15, 0.2) is 0 Å². The van der Waals surface area contributed by atoms with Crippen molar-refractivity contribution >= 4 is 39.1 Å². The Morgan fingerprint density at radius 2 is 2.00 bits per heavy atom. The maximum absolute atomic E-state index is 13.3. The molecule has 1 aliphatic heterocycles. The van der Waals surface area contributed by atoms with Crippen LogP contribution in [0.15, 0.2) is 36.7 Å². The van der Waals surface area contributed by atoms with Gasteiger partial charge in [0.25, 0.3) is 5.91 Å². The number of nitrogens with zero attached hydrogens (tertiary/aromatic N) is 5. The van der Waals surface area contributed by atoms with Crippen molar-refractivity contribution in [3.05, 3.63) is 42.2 Å². The number of nitrogens with one attached hydrogen (secondary N) is 2. The summed E-state index contributed by atoms with van der Waals surface area (Å²) < 4.78 is 9.00. The number of carbonyl (C=O) groups is 1. The Labute approximate surface area is 185 Å². The van der Waals surface area contributed by atoms with Crippen LogP contribution in [0.3, 0.4) is 0 Å². The lowest BCUT2D eigenvalue weighted by molar-refractivity contribution is 0.102. The molecule has 9 heteroatoms. The van der Waals surface area contributed by atoms with Gasteiger partial charge < -0.3 is 20.3 Å². The van der Waals surface area contributed by atoms with Gasteiger partial charge in [-0.1, -0.05) is 0 Å². The summed E-state index contributed by atoms with van der Waals surface area (Å²) in [6, 6.07) is 8.01. The molecule has 2 aromatic carbocycles. The average molecular weight is 434 g/mol. The smallest absolute Gasteiger partial charge is 0.258 e. The molecule has 1 fully saturated rings. The number of methoxy groups -OCH3 is 1. The van der Waals surface area contributed by atoms with Gasteiger partial charge in [0, 0.05) is 74.7 Å². The molecule has 0 saturated carbocycles. The lowest BCUT2D eigenvalue weighted by Crippen LogP contribution is -2.49. The highest BCUT2D eigenvalue weighted by atomic mass is 16.5. The first-order chi connectivity index (χ1) is 15.4. The molecule has 0 spiro atoms. The molecule has 5 rings (SSSR count). The van der Waals surface area contributed by atoms with Crippen LogP contribution in [0.1, 0.15) is 17.3 Å². The fourth-order valence-electron chi connectivity index (χ4n) is 4.45. The zero-order chi connectivity index (χ0) is 22.4. The van der Waals surface area contributed by atoms with Crippen molar-refractivity contribution in [1.82, 2.24) is 24.9 Å². The third-order valence-electron chi connectivity index (χ3n) is 5.91. The van der Waals surface area contributed by atoms with E-state index in [0.29, 0.717) is 28.6 Å². The second-order valence-electron chi connectivity index (χ2n) is 8.37. The molecule has 2 aromatic heterocycles. The third kappa shape index (κ3) is 3.54. The van der Waals surface area contributed by atoms with E-state index in [-0.39, 0.29) is 5.91 Å². The Morgan fingerprint density at radius 1 is 1.19 bits per heavy atom. The Hall–Kier alpha value is -3.59. The summed E-state index contributed by atoms with van der Waals surface area (Å²) in [5, 5.41) is 17.4. The summed E-state index contributed by atoms with van der Waals surface area (Å²) >= 11 is 0. The highest BCUT2D eigenvalue weighted by Crippen LogP contribution is 2.33. The van der Waals surface area contributed by atoms with Crippen molar-refractivity contribution in [3.8, 4) is 5.75 Å². The molecule has 4 aromatic rings. The molecule has 0 radical (unpaired) electrons. The normalized spacial score (nSPS) is 16.6. The van der Waals surface area contributed by atoms with E-state index >= 15 is 0 Å². The van der Waals surface area contributed by atoms with Crippen LogP contribution in [-0.2, 0) is 14.1 Å². The molecule has 1 atom stereocenters. The molecule has 1 amide bonds. The molecule has 0 bridgehead atoms. The first-order valence-electron chi connectivity index (χ1n) is 10.7. The SMILES string of the molecule is COc1cc2nn(C)cc2cc1NC(=O)c1ccc(N2CCNC(C)C2)c2cn(C)nc12. The minimum Gasteiger partial charge on any atom is -0.494 e. The molecule has 3 heterocycles. The number of anilines is 2. The quantitative estimate of drug-likeness (QED) is 0.514. The number of hydrogen-bond donors (Lipinski definition) is 2. The standard InChI is InChI=1S/C23H27N7O2/c1-14-11-30(8-7-24-14)20-6-5-16(22-17(20)13-29(3)27-22)23(31)25-19-9-15-12-28(2)26-18(15)10-21(19)32-4/h5-6,9-10,12-14,24H,7-8,11H2,1-4H3,(H,25,31). The summed E-state index contributed by atoms with van der Waals surface area (Å²) in [4.78, 5) is 15.7. The van der Waals surface area contributed by atoms with Crippen molar-refractivity contribution < 1.29 is 9.53 Å². The van der Waals surface area contributed by atoms with Crippen LogP contribution in [0.4, 0.5) is 11.4 Å². The predicted molar refractivity (Wildman–Crippen MR) is 126 cm³/mol. The number of benzene rings is 2. The maximum Gasteiger partial charge on any atom is 0.258 e. The average Bonchev–Trinajstić information content (AvgIpc) is 3.32. The molecule has 9 nitrogen and oxygen atoms in total. The van der Waals surface area contributed by atoms with E-state index in [0.717, 1.165) is 41.6 Å². The minimum atomic E-state index is -0.226. The molecular weight excluding hydrogens is 406 g/mol. The second kappa shape index (κ2) is 7.83. The summed E-state index contributed by atoms with van der Waals surface area (Å²) in [7, 11) is 5.33. The van der Waals surface area contributed by atoms with Crippen LogP contribution in [0, 0.1) is 0 Å². The first-order valence-corrected chi connectivity index (χ1v) is 10.7. The van der Waals surface area contributed by atoms with Crippen molar-refractivity contribution in [1.29, 1.82) is 0 Å². The number of ether oxygens (including phenoxy) is 1. The van der Waals surface area contributed by atoms with Crippen LogP contribution < -0.4 is 20.3 Å². The highest BCUT2D eigenvalue weighted by molar-refractivity contribution is 6.14. The fraction of sp³-hybridized carbons (Fsp3) is 0.348. The van der Waals surface area contributed by atoms with Gasteiger partial charge in [0.2, 0.25) is 0 Å². The van der Waals surface area contributed by atoms with E-state index < -0.39 is 0 Å². The number of aryl methyl sites for hydroxylation is 2. The van der Waals surface area contributed by atoms with Crippen molar-refractivity contribution in [2.75, 3.05) is 37.0 Å². The number of hydrogen-bond acceptors (Lipinski definition) is 6. The van der Waals surface area contributed by atoms with Gasteiger partial charge >= 0.3 is 0 Å². The van der Waals surface area contributed by atoms with E-state index in [9.17, 15) is 4.79 Å². The Morgan fingerprint density at radius 3 is 2.78 bits per heavy atom. The molecule has 1 aliphatic rings. The summed E-state index contributed by atoms with van der Waals surface area (Å²) in [6.07, 6.45) is 3.89. The van der Waals surface area contributed by atoms with E-state index in [4.69, 9.17) is 4.74 Å². The Kier molecular flexibility index (Phi) is 4.97. The zero-order valence-corrected chi connectivity index (χ0v) is 18.7. The van der Waals surface area contributed by atoms with Crippen LogP contribution in [-0.4, -0.2) is 58.3 Å². The van der Waals surface area contributed by atoms with Gasteiger partial charge in [-0.15, -0.1) is 0 Å². The largest absolute Gasteiger partial charge is 0.494 e. The molecule has 32 heavy (non-hydrogen) atoms. The fourth-order valence-corrected chi connectivity index (χ4v) is 4.45. The van der Waals surface area contributed by atoms with Gasteiger partial charge in [-0.2, -0.15) is 10.2 Å². The number of amides is 1. The Balaban J connectivity index is 1.52. The predicted octanol–water partition coefficient (Wildman–Crippen LogP) is 2.52. The molecular formula is C23H27N7O2. The van der Waals surface area contributed by atoms with Gasteiger partial charge in [-0.3, -0.25) is 14.2 Å². The van der Waals surface area contributed by atoms with Crippen LogP contribution in [0.2, 0.25) is 0 Å². The number of piperazine rings is 1. The number of aromatic nitrogens is 4. The van der Waals surface area contributed by atoms with Gasteiger partial charge in [-0.05, 0) is 25.1 Å². The molecule has 1 saturated heterocycles. The van der Waals surface area contributed by atoms with Gasteiger partial charge in [0.05, 0.1) is 23.9 Å². The van der Waals surface area contributed by atoms with Crippen molar-refractivity contribution in [3.63, 3.8) is 0 Å². The summed E-state index contributed by atoms with van der Waals surface area (Å²) in [5.74, 6) is 0.337. The zero-order valence-electron chi connectivity index (χ0n) is 18.7. The van der Waals surface area contributed by atoms with E-state index in [1.54, 1.807) is 16.5 Å². The van der Waals surface area contributed by atoms with Gasteiger partial charge in [0.1, 0.15) is 11.3 Å². The summed E-state index contributed by atoms with van der Waals surface area (Å²) in [5.41, 5.74) is 3.73. The van der Waals surface area contributed by atoms with Crippen molar-refractivity contribution in [2.45, 2.75) is 13.0 Å². The van der Waals surface area contributed by atoms with E-state index in [2.05, 4.69) is 32.7 Å². The lowest BCUT2D eigenvalue weighted by Gasteiger charge is -2.34. The number of fused-ring (bicyclic) bond motifs is 2. The van der Waals surface area contributed by atoms with E-state index in [1.807, 2.05) is 50.8 Å². The minimum absolute atomic E-state index is 0.226. The Bertz CT molecular complexity index is 1320. The lowest BCUT2D eigenvalue weighted by atomic mass is 10.1. The maximum atomic E-state index is 13.3. The molecule has 1 unspecified atom stereocenters. The summed E-state index contributed by atoms with van der Waals surface area (Å²) in [6.45, 7) is 4.95. The van der Waals surface area contributed by atoms with Crippen molar-refractivity contribution in [2.24, 2.45) is 14.1 Å². The molecule has 0 aliphatic carbocycles. The first kappa shape index (κ1) is 20.3. The van der Waals surface area contributed by atoms with E-state index in [1.165, 1.54) is 0 Å². The monoisotopic (exact) mass is 433 g/mol. The van der Waals surface area contributed by atoms with Crippen LogP contribution in [0.5, 0.6) is 5.75 Å². The van der Waals surface area contributed by atoms with Crippen LogP contribution >= 0.6 is 0 Å². The molecule has 166 valence electrons. The van der Waals surface area contributed by atoms with Crippen LogP contribution in [0.25, 0.3) is 21.8 Å².